The van der Waals surface area contributed by atoms with Crippen LogP contribution in [0.2, 0.25) is 5.02 Å². The molecule has 2 heterocycles. The molecule has 2 amide bonds. The summed E-state index contributed by atoms with van der Waals surface area (Å²) in [4.78, 5) is 57.7. The Morgan fingerprint density at radius 3 is 2.47 bits per heavy atom. The normalized spacial score (nSPS) is 10.9. The summed E-state index contributed by atoms with van der Waals surface area (Å²) in [6.07, 6.45) is 0. The Balaban J connectivity index is 2.14. The van der Waals surface area contributed by atoms with Gasteiger partial charge in [0, 0.05) is 36.5 Å². The molecule has 0 radical (unpaired) electrons. The van der Waals surface area contributed by atoms with Crippen molar-refractivity contribution in [2.75, 3.05) is 18.4 Å². The summed E-state index contributed by atoms with van der Waals surface area (Å²) in [5, 5.41) is 3.05. The Hall–Kier alpha value is -3.46. The average Bonchev–Trinajstić information content (AvgIpc) is 2.75. The van der Waals surface area contributed by atoms with Crippen LogP contribution in [0.25, 0.3) is 11.0 Å². The minimum atomic E-state index is -0.743. The van der Waals surface area contributed by atoms with E-state index < -0.39 is 23.7 Å². The number of nitrogens with one attached hydrogen (secondary N) is 1. The molecule has 0 saturated heterocycles. The first-order chi connectivity index (χ1) is 15.2. The van der Waals surface area contributed by atoms with Crippen molar-refractivity contribution in [3.05, 3.63) is 67.4 Å². The van der Waals surface area contributed by atoms with Crippen LogP contribution in [-0.4, -0.2) is 43.9 Å². The first kappa shape index (κ1) is 23.2. The Bertz CT molecular complexity index is 1320. The van der Waals surface area contributed by atoms with Crippen molar-refractivity contribution in [2.24, 2.45) is 7.05 Å². The van der Waals surface area contributed by atoms with Crippen LogP contribution in [0.15, 0.2) is 39.9 Å². The minimum absolute atomic E-state index is 0.00477. The van der Waals surface area contributed by atoms with E-state index in [1.807, 2.05) is 13.8 Å². The van der Waals surface area contributed by atoms with Crippen molar-refractivity contribution < 1.29 is 9.59 Å². The van der Waals surface area contributed by atoms with E-state index in [2.05, 4.69) is 10.3 Å². The summed E-state index contributed by atoms with van der Waals surface area (Å²) >= 11 is 5.93. The molecule has 0 atom stereocenters. The highest BCUT2D eigenvalue weighted by Crippen LogP contribution is 2.17. The molecule has 168 valence electrons. The number of aryl methyl sites for hydroxylation is 2. The molecule has 0 bridgehead atoms. The van der Waals surface area contributed by atoms with Gasteiger partial charge in [-0.15, -0.1) is 0 Å². The number of carbonyl (C=O) groups is 2. The van der Waals surface area contributed by atoms with Gasteiger partial charge < -0.3 is 10.2 Å². The van der Waals surface area contributed by atoms with Crippen molar-refractivity contribution in [3.8, 4) is 0 Å². The molecule has 10 heteroatoms. The number of aromatic nitrogens is 3. The molecule has 3 rings (SSSR count). The van der Waals surface area contributed by atoms with Gasteiger partial charge in [0.2, 0.25) is 5.91 Å². The summed E-state index contributed by atoms with van der Waals surface area (Å²) in [6, 6.07) is 8.04. The van der Waals surface area contributed by atoms with Gasteiger partial charge >= 0.3 is 5.69 Å². The van der Waals surface area contributed by atoms with Crippen molar-refractivity contribution in [1.29, 1.82) is 0 Å². The van der Waals surface area contributed by atoms with Gasteiger partial charge in [0.15, 0.2) is 0 Å². The maximum Gasteiger partial charge on any atom is 0.332 e. The van der Waals surface area contributed by atoms with Crippen molar-refractivity contribution >= 4 is 40.1 Å². The lowest BCUT2D eigenvalue weighted by Gasteiger charge is -2.20. The van der Waals surface area contributed by atoms with E-state index in [0.717, 1.165) is 4.57 Å². The third kappa shape index (κ3) is 4.43. The van der Waals surface area contributed by atoms with E-state index >= 15 is 0 Å². The van der Waals surface area contributed by atoms with Gasteiger partial charge in [-0.1, -0.05) is 17.7 Å². The summed E-state index contributed by atoms with van der Waals surface area (Å²) in [5.74, 6) is -0.918. The van der Waals surface area contributed by atoms with Crippen molar-refractivity contribution in [3.63, 3.8) is 0 Å². The second kappa shape index (κ2) is 9.35. The van der Waals surface area contributed by atoms with E-state index in [1.54, 1.807) is 36.1 Å². The molecule has 0 aliphatic carbocycles. The Labute approximate surface area is 189 Å². The fourth-order valence-corrected chi connectivity index (χ4v) is 3.69. The maximum atomic E-state index is 13.3. The van der Waals surface area contributed by atoms with Crippen LogP contribution in [0.1, 0.15) is 29.9 Å². The van der Waals surface area contributed by atoms with Crippen LogP contribution in [0, 0.1) is 6.92 Å². The van der Waals surface area contributed by atoms with Gasteiger partial charge in [-0.05, 0) is 45.0 Å². The van der Waals surface area contributed by atoms with Crippen molar-refractivity contribution in [1.82, 2.24) is 19.0 Å². The third-order valence-corrected chi connectivity index (χ3v) is 5.35. The van der Waals surface area contributed by atoms with E-state index in [4.69, 9.17) is 11.6 Å². The number of hydrogen-bond donors (Lipinski definition) is 1. The zero-order chi connectivity index (χ0) is 23.6. The SMILES string of the molecule is CCN(CC)C(=O)c1cc(C)nc2c1c(=O)n(CC(=O)Nc1cccc(Cl)c1)c(=O)n2C. The first-order valence-corrected chi connectivity index (χ1v) is 10.5. The number of fused-ring (bicyclic) bond motifs is 1. The van der Waals surface area contributed by atoms with E-state index in [0.29, 0.717) is 29.5 Å². The molecule has 0 spiro atoms. The molecule has 0 saturated carbocycles. The molecule has 3 aromatic rings. The number of halogens is 1. The van der Waals surface area contributed by atoms with Gasteiger partial charge in [0.05, 0.1) is 10.9 Å². The molecule has 32 heavy (non-hydrogen) atoms. The lowest BCUT2D eigenvalue weighted by Crippen LogP contribution is -2.43. The molecule has 0 aliphatic rings. The van der Waals surface area contributed by atoms with Crippen molar-refractivity contribution in [2.45, 2.75) is 27.3 Å². The van der Waals surface area contributed by atoms with E-state index in [-0.39, 0.29) is 22.5 Å². The number of pyridine rings is 1. The van der Waals surface area contributed by atoms with Gasteiger partial charge in [0.1, 0.15) is 12.2 Å². The van der Waals surface area contributed by atoms with E-state index in [9.17, 15) is 19.2 Å². The van der Waals surface area contributed by atoms with Crippen LogP contribution < -0.4 is 16.6 Å². The highest BCUT2D eigenvalue weighted by Gasteiger charge is 2.23. The molecule has 0 aliphatic heterocycles. The number of carbonyl (C=O) groups excluding carboxylic acids is 2. The highest BCUT2D eigenvalue weighted by molar-refractivity contribution is 6.30. The van der Waals surface area contributed by atoms with E-state index in [1.165, 1.54) is 17.7 Å². The summed E-state index contributed by atoms with van der Waals surface area (Å²) in [5.41, 5.74) is -0.264. The summed E-state index contributed by atoms with van der Waals surface area (Å²) < 4.78 is 1.98. The first-order valence-electron chi connectivity index (χ1n) is 10.1. The number of benzene rings is 1. The molecule has 0 fully saturated rings. The highest BCUT2D eigenvalue weighted by atomic mass is 35.5. The monoisotopic (exact) mass is 457 g/mol. The Morgan fingerprint density at radius 1 is 1.16 bits per heavy atom. The zero-order valence-corrected chi connectivity index (χ0v) is 19.1. The number of nitrogens with zero attached hydrogens (tertiary/aromatic N) is 4. The maximum absolute atomic E-state index is 13.3. The molecule has 1 aromatic carbocycles. The van der Waals surface area contributed by atoms with Gasteiger partial charge in [-0.3, -0.25) is 23.5 Å². The number of anilines is 1. The average molecular weight is 458 g/mol. The quantitative estimate of drug-likeness (QED) is 0.610. The van der Waals surface area contributed by atoms with Gasteiger partial charge in [0.25, 0.3) is 11.5 Å². The minimum Gasteiger partial charge on any atom is -0.339 e. The predicted octanol–water partition coefficient (Wildman–Crippen LogP) is 2.18. The molecule has 2 aromatic heterocycles. The van der Waals surface area contributed by atoms with Crippen LogP contribution in [0.4, 0.5) is 5.69 Å². The number of hydrogen-bond acceptors (Lipinski definition) is 5. The predicted molar refractivity (Wildman–Crippen MR) is 123 cm³/mol. The molecular formula is C22H24ClN5O4. The zero-order valence-electron chi connectivity index (χ0n) is 18.3. The fraction of sp³-hybridized carbons (Fsp3) is 0.318. The fourth-order valence-electron chi connectivity index (χ4n) is 3.50. The van der Waals surface area contributed by atoms with Gasteiger partial charge in [-0.2, -0.15) is 0 Å². The Kier molecular flexibility index (Phi) is 6.78. The summed E-state index contributed by atoms with van der Waals surface area (Å²) in [6.45, 7) is 5.76. The standard InChI is InChI=1S/C22H24ClN5O4/c1-5-27(6-2)20(30)16-10-13(3)24-19-18(16)21(31)28(22(32)26(19)4)12-17(29)25-15-9-7-8-14(23)11-15/h7-11H,5-6,12H2,1-4H3,(H,25,29). The Morgan fingerprint density at radius 2 is 1.84 bits per heavy atom. The number of rotatable bonds is 6. The van der Waals surface area contributed by atoms with Crippen LogP contribution in [0.5, 0.6) is 0 Å². The number of amides is 2. The van der Waals surface area contributed by atoms with Crippen LogP contribution >= 0.6 is 11.6 Å². The lowest BCUT2D eigenvalue weighted by molar-refractivity contribution is -0.116. The topological polar surface area (TPSA) is 106 Å². The largest absolute Gasteiger partial charge is 0.339 e. The lowest BCUT2D eigenvalue weighted by atomic mass is 10.1. The smallest absolute Gasteiger partial charge is 0.332 e. The third-order valence-electron chi connectivity index (χ3n) is 5.11. The van der Waals surface area contributed by atoms with Gasteiger partial charge in [-0.25, -0.2) is 9.78 Å². The molecule has 1 N–H and O–H groups in total. The second-order valence-electron chi connectivity index (χ2n) is 7.28. The molecular weight excluding hydrogens is 434 g/mol. The second-order valence-corrected chi connectivity index (χ2v) is 7.72. The van der Waals surface area contributed by atoms with Crippen LogP contribution in [0.3, 0.4) is 0 Å². The molecule has 0 unspecified atom stereocenters. The summed E-state index contributed by atoms with van der Waals surface area (Å²) in [7, 11) is 1.45. The molecule has 9 nitrogen and oxygen atoms in total. The van der Waals surface area contributed by atoms with Crippen LogP contribution in [-0.2, 0) is 18.4 Å².